The van der Waals surface area contributed by atoms with E-state index in [4.69, 9.17) is 20.3 Å². The van der Waals surface area contributed by atoms with Gasteiger partial charge in [0.25, 0.3) is 0 Å². The molecule has 6 rings (SSSR count). The van der Waals surface area contributed by atoms with E-state index in [1.807, 2.05) is 83.5 Å². The second-order valence-corrected chi connectivity index (χ2v) is 7.50. The molecule has 154 valence electrons. The Bertz CT molecular complexity index is 1530. The summed E-state index contributed by atoms with van der Waals surface area (Å²) >= 11 is 0. The normalized spacial score (nSPS) is 13.1. The first-order valence-corrected chi connectivity index (χ1v) is 10.4. The summed E-state index contributed by atoms with van der Waals surface area (Å²) in [4.78, 5) is 0. The molecule has 5 nitrogen and oxygen atoms in total. The summed E-state index contributed by atoms with van der Waals surface area (Å²) in [6.45, 7) is 0. The minimum atomic E-state index is 0.646. The predicted octanol–water partition coefficient (Wildman–Crippen LogP) is 6.53. The molecule has 0 saturated carbocycles. The number of nitrogens with zero attached hydrogens (tertiary/aromatic N) is 2. The molecular formula is C27H19N3O2. The quantitative estimate of drug-likeness (QED) is 0.333. The highest BCUT2D eigenvalue weighted by molar-refractivity contribution is 6.13. The van der Waals surface area contributed by atoms with E-state index < -0.39 is 0 Å². The van der Waals surface area contributed by atoms with Crippen molar-refractivity contribution >= 4 is 33.6 Å². The highest BCUT2D eigenvalue weighted by Crippen LogP contribution is 2.50. The molecule has 5 heteroatoms. The molecule has 0 radical (unpaired) electrons. The van der Waals surface area contributed by atoms with Gasteiger partial charge in [-0.3, -0.25) is 0 Å². The van der Waals surface area contributed by atoms with E-state index in [0.29, 0.717) is 23.0 Å². The molecule has 0 unspecified atom stereocenters. The van der Waals surface area contributed by atoms with Crippen LogP contribution in [0.4, 0.5) is 0 Å². The Morgan fingerprint density at radius 1 is 0.719 bits per heavy atom. The molecule has 5 aromatic rings. The Labute approximate surface area is 184 Å². The molecule has 1 aliphatic heterocycles. The van der Waals surface area contributed by atoms with Gasteiger partial charge in [0.15, 0.2) is 23.0 Å². The molecule has 0 bridgehead atoms. The van der Waals surface area contributed by atoms with E-state index in [9.17, 15) is 0 Å². The summed E-state index contributed by atoms with van der Waals surface area (Å²) in [6.07, 6.45) is 3.34. The monoisotopic (exact) mass is 417 g/mol. The molecular weight excluding hydrogens is 398 g/mol. The van der Waals surface area contributed by atoms with Crippen LogP contribution in [0.1, 0.15) is 5.56 Å². The first-order valence-electron chi connectivity index (χ1n) is 10.4. The predicted molar refractivity (Wildman–Crippen MR) is 129 cm³/mol. The Morgan fingerprint density at radius 3 is 2.25 bits per heavy atom. The maximum Gasteiger partial charge on any atom is 0.196 e. The first kappa shape index (κ1) is 18.3. The van der Waals surface area contributed by atoms with Crippen molar-refractivity contribution in [3.8, 4) is 23.0 Å². The molecule has 0 amide bonds. The number of rotatable bonds is 3. The van der Waals surface area contributed by atoms with Crippen LogP contribution < -0.4 is 15.2 Å². The third-order valence-corrected chi connectivity index (χ3v) is 5.61. The van der Waals surface area contributed by atoms with Crippen LogP contribution in [0.15, 0.2) is 102 Å². The number of fused-ring (bicyclic) bond motifs is 6. The van der Waals surface area contributed by atoms with Gasteiger partial charge in [-0.1, -0.05) is 60.7 Å². The van der Waals surface area contributed by atoms with Gasteiger partial charge in [0.2, 0.25) is 0 Å². The van der Waals surface area contributed by atoms with Crippen molar-refractivity contribution in [3.05, 3.63) is 103 Å². The molecule has 2 heterocycles. The summed E-state index contributed by atoms with van der Waals surface area (Å²) in [7, 11) is 0. The number of allylic oxidation sites excluding steroid dienone is 1. The van der Waals surface area contributed by atoms with Crippen LogP contribution in [-0.2, 0) is 0 Å². The fourth-order valence-electron chi connectivity index (χ4n) is 4.10. The van der Waals surface area contributed by atoms with Gasteiger partial charge in [0.1, 0.15) is 5.52 Å². The van der Waals surface area contributed by atoms with E-state index in [-0.39, 0.29) is 0 Å². The standard InChI is InChI=1S/C27H19N3O2/c28-16-19(18-8-2-1-3-9-18)17-29-30-22-11-5-4-10-20(22)21-14-15-25-27(26(21)30)32-24-13-7-6-12-23(24)31-25/h1-17H,28H2. The van der Waals surface area contributed by atoms with Crippen LogP contribution in [0.5, 0.6) is 23.0 Å². The fraction of sp³-hybridized carbons (Fsp3) is 0. The highest BCUT2D eigenvalue weighted by Gasteiger charge is 2.24. The first-order chi connectivity index (χ1) is 15.8. The third kappa shape index (κ3) is 2.83. The average molecular weight is 417 g/mol. The van der Waals surface area contributed by atoms with Crippen LogP contribution >= 0.6 is 0 Å². The Morgan fingerprint density at radius 2 is 1.44 bits per heavy atom. The lowest BCUT2D eigenvalue weighted by Gasteiger charge is -2.21. The van der Waals surface area contributed by atoms with Crippen molar-refractivity contribution in [2.75, 3.05) is 0 Å². The zero-order valence-corrected chi connectivity index (χ0v) is 17.1. The zero-order valence-electron chi connectivity index (χ0n) is 17.1. The molecule has 0 saturated heterocycles. The minimum absolute atomic E-state index is 0.646. The van der Waals surface area contributed by atoms with Crippen molar-refractivity contribution in [2.24, 2.45) is 10.8 Å². The van der Waals surface area contributed by atoms with Crippen molar-refractivity contribution in [3.63, 3.8) is 0 Å². The maximum atomic E-state index is 6.32. The number of para-hydroxylation sites is 3. The molecule has 2 N–H and O–H groups in total. The van der Waals surface area contributed by atoms with Gasteiger partial charge in [-0.25, -0.2) is 4.68 Å². The van der Waals surface area contributed by atoms with E-state index in [2.05, 4.69) is 12.1 Å². The maximum absolute atomic E-state index is 6.32. The lowest BCUT2D eigenvalue weighted by atomic mass is 10.1. The number of hydrogen-bond donors (Lipinski definition) is 1. The number of hydrogen-bond acceptors (Lipinski definition) is 4. The van der Waals surface area contributed by atoms with Gasteiger partial charge in [-0.15, -0.1) is 0 Å². The average Bonchev–Trinajstić information content (AvgIpc) is 3.18. The van der Waals surface area contributed by atoms with E-state index in [1.54, 1.807) is 12.4 Å². The lowest BCUT2D eigenvalue weighted by molar-refractivity contribution is 0.362. The summed E-state index contributed by atoms with van der Waals surface area (Å²) in [5, 5.41) is 6.97. The highest BCUT2D eigenvalue weighted by atomic mass is 16.6. The molecule has 1 aromatic heterocycles. The second-order valence-electron chi connectivity index (χ2n) is 7.50. The number of ether oxygens (including phenoxy) is 2. The number of nitrogens with two attached hydrogens (primary N) is 1. The van der Waals surface area contributed by atoms with E-state index in [1.165, 1.54) is 0 Å². The summed E-state index contributed by atoms with van der Waals surface area (Å²) in [5.74, 6) is 2.68. The summed E-state index contributed by atoms with van der Waals surface area (Å²) < 4.78 is 14.3. The lowest BCUT2D eigenvalue weighted by Crippen LogP contribution is -2.01. The van der Waals surface area contributed by atoms with Crippen LogP contribution in [0, 0.1) is 0 Å². The Hall–Kier alpha value is -4.51. The molecule has 0 fully saturated rings. The van der Waals surface area contributed by atoms with E-state index in [0.717, 1.165) is 32.9 Å². The number of aromatic nitrogens is 1. The van der Waals surface area contributed by atoms with Gasteiger partial charge in [-0.2, -0.15) is 5.10 Å². The summed E-state index contributed by atoms with van der Waals surface area (Å²) in [5.41, 5.74) is 9.56. The van der Waals surface area contributed by atoms with Crippen LogP contribution in [0.2, 0.25) is 0 Å². The van der Waals surface area contributed by atoms with Crippen molar-refractivity contribution in [2.45, 2.75) is 0 Å². The number of benzene rings is 4. The molecule has 32 heavy (non-hydrogen) atoms. The smallest absolute Gasteiger partial charge is 0.196 e. The largest absolute Gasteiger partial charge is 0.449 e. The van der Waals surface area contributed by atoms with Crippen molar-refractivity contribution in [1.82, 2.24) is 4.68 Å². The van der Waals surface area contributed by atoms with Crippen LogP contribution in [0.3, 0.4) is 0 Å². The summed E-state index contributed by atoms with van der Waals surface area (Å²) in [6, 6.07) is 29.8. The van der Waals surface area contributed by atoms with Crippen LogP contribution in [0.25, 0.3) is 27.4 Å². The SMILES string of the molecule is NC=C(C=Nn1c2ccccc2c2ccc3c(c21)Oc1ccccc1O3)c1ccccc1. The molecule has 0 atom stereocenters. The zero-order chi connectivity index (χ0) is 21.5. The van der Waals surface area contributed by atoms with Gasteiger partial charge in [-0.05, 0) is 35.9 Å². The molecule has 0 spiro atoms. The van der Waals surface area contributed by atoms with E-state index >= 15 is 0 Å². The van der Waals surface area contributed by atoms with Gasteiger partial charge in [0, 0.05) is 22.5 Å². The topological polar surface area (TPSA) is 61.8 Å². The fourth-order valence-corrected chi connectivity index (χ4v) is 4.10. The minimum Gasteiger partial charge on any atom is -0.449 e. The third-order valence-electron chi connectivity index (χ3n) is 5.61. The van der Waals surface area contributed by atoms with Gasteiger partial charge < -0.3 is 15.2 Å². The van der Waals surface area contributed by atoms with Gasteiger partial charge in [0.05, 0.1) is 11.7 Å². The van der Waals surface area contributed by atoms with Crippen molar-refractivity contribution < 1.29 is 9.47 Å². The Balaban J connectivity index is 1.57. The van der Waals surface area contributed by atoms with Crippen molar-refractivity contribution in [1.29, 1.82) is 0 Å². The Kier molecular flexibility index (Phi) is 4.18. The van der Waals surface area contributed by atoms with Gasteiger partial charge >= 0.3 is 0 Å². The van der Waals surface area contributed by atoms with Crippen LogP contribution in [-0.4, -0.2) is 10.9 Å². The molecule has 1 aliphatic rings. The second kappa shape index (κ2) is 7.32. The molecule has 4 aromatic carbocycles. The molecule has 0 aliphatic carbocycles.